The van der Waals surface area contributed by atoms with Gasteiger partial charge in [-0.15, -0.1) is 0 Å². The summed E-state index contributed by atoms with van der Waals surface area (Å²) >= 11 is 3.49. The summed E-state index contributed by atoms with van der Waals surface area (Å²) in [5.74, 6) is 2.03. The Balaban J connectivity index is 1.38. The van der Waals surface area contributed by atoms with Crippen molar-refractivity contribution in [1.82, 2.24) is 10.3 Å². The highest BCUT2D eigenvalue weighted by Gasteiger charge is 2.51. The van der Waals surface area contributed by atoms with Crippen molar-refractivity contribution >= 4 is 21.8 Å². The standard InChI is InChI=1S/C24H23BrN2O3/c1-2-29-20-6-8-21(9-7-20)30-22-14-17(10-13-26-22)16-27-23(28)24(11-12-24)18-4-3-5-19(25)15-18/h3-10,13-15H,2,11-12,16H2,1H3,(H,27,28). The van der Waals surface area contributed by atoms with Gasteiger partial charge in [-0.25, -0.2) is 4.98 Å². The highest BCUT2D eigenvalue weighted by molar-refractivity contribution is 9.10. The molecule has 1 heterocycles. The Kier molecular flexibility index (Phi) is 6.04. The molecule has 30 heavy (non-hydrogen) atoms. The zero-order valence-corrected chi connectivity index (χ0v) is 18.3. The summed E-state index contributed by atoms with van der Waals surface area (Å²) in [6.45, 7) is 3.00. The molecule has 1 fully saturated rings. The van der Waals surface area contributed by atoms with Crippen molar-refractivity contribution in [3.05, 3.63) is 82.5 Å². The Hall–Kier alpha value is -2.86. The van der Waals surface area contributed by atoms with Gasteiger partial charge >= 0.3 is 0 Å². The zero-order chi connectivity index (χ0) is 21.0. The van der Waals surface area contributed by atoms with Gasteiger partial charge in [0.1, 0.15) is 11.5 Å². The first-order valence-corrected chi connectivity index (χ1v) is 10.8. The summed E-state index contributed by atoms with van der Waals surface area (Å²) in [6, 6.07) is 19.1. The Morgan fingerprint density at radius 1 is 1.10 bits per heavy atom. The van der Waals surface area contributed by atoms with Crippen LogP contribution in [0.25, 0.3) is 0 Å². The summed E-state index contributed by atoms with van der Waals surface area (Å²) in [5, 5.41) is 3.08. The number of carbonyl (C=O) groups is 1. The Morgan fingerprint density at radius 2 is 1.87 bits per heavy atom. The van der Waals surface area contributed by atoms with E-state index in [-0.39, 0.29) is 5.91 Å². The topological polar surface area (TPSA) is 60.5 Å². The highest BCUT2D eigenvalue weighted by atomic mass is 79.9. The summed E-state index contributed by atoms with van der Waals surface area (Å²) < 4.78 is 12.3. The number of benzene rings is 2. The molecular weight excluding hydrogens is 444 g/mol. The van der Waals surface area contributed by atoms with Crippen LogP contribution < -0.4 is 14.8 Å². The third-order valence-corrected chi connectivity index (χ3v) is 5.66. The average Bonchev–Trinajstić information content (AvgIpc) is 3.56. The number of hydrogen-bond acceptors (Lipinski definition) is 4. The second-order valence-corrected chi connectivity index (χ2v) is 8.20. The van der Waals surface area contributed by atoms with Gasteiger partial charge in [0.05, 0.1) is 12.0 Å². The number of ether oxygens (including phenoxy) is 2. The van der Waals surface area contributed by atoms with E-state index >= 15 is 0 Å². The van der Waals surface area contributed by atoms with Gasteiger partial charge in [0.25, 0.3) is 0 Å². The number of carbonyl (C=O) groups excluding carboxylic acids is 1. The molecule has 2 aromatic carbocycles. The fourth-order valence-corrected chi connectivity index (χ4v) is 3.82. The van der Waals surface area contributed by atoms with Gasteiger partial charge in [-0.05, 0) is 73.4 Å². The molecule has 0 spiro atoms. The molecule has 5 nitrogen and oxygen atoms in total. The number of nitrogens with zero attached hydrogens (tertiary/aromatic N) is 1. The molecule has 1 N–H and O–H groups in total. The molecule has 1 aliphatic carbocycles. The minimum Gasteiger partial charge on any atom is -0.494 e. The van der Waals surface area contributed by atoms with Crippen LogP contribution in [0.4, 0.5) is 0 Å². The lowest BCUT2D eigenvalue weighted by molar-refractivity contribution is -0.123. The van der Waals surface area contributed by atoms with Crippen LogP contribution in [0.15, 0.2) is 71.3 Å². The lowest BCUT2D eigenvalue weighted by Gasteiger charge is -2.16. The van der Waals surface area contributed by atoms with E-state index in [0.717, 1.165) is 34.2 Å². The number of aromatic nitrogens is 1. The van der Waals surface area contributed by atoms with Gasteiger partial charge in [-0.1, -0.05) is 28.1 Å². The minimum atomic E-state index is -0.404. The summed E-state index contributed by atoms with van der Waals surface area (Å²) in [7, 11) is 0. The number of nitrogens with one attached hydrogen (secondary N) is 1. The predicted octanol–water partition coefficient (Wildman–Crippen LogP) is 5.38. The molecule has 0 atom stereocenters. The van der Waals surface area contributed by atoms with Gasteiger partial charge in [0, 0.05) is 23.3 Å². The van der Waals surface area contributed by atoms with Crippen molar-refractivity contribution in [2.75, 3.05) is 6.61 Å². The first-order chi connectivity index (χ1) is 14.6. The van der Waals surface area contributed by atoms with Crippen LogP contribution in [0.3, 0.4) is 0 Å². The molecule has 3 aromatic rings. The van der Waals surface area contributed by atoms with Crippen molar-refractivity contribution in [3.63, 3.8) is 0 Å². The van der Waals surface area contributed by atoms with Crippen LogP contribution in [-0.2, 0) is 16.8 Å². The fraction of sp³-hybridized carbons (Fsp3) is 0.250. The van der Waals surface area contributed by atoms with E-state index in [1.165, 1.54) is 0 Å². The highest BCUT2D eigenvalue weighted by Crippen LogP contribution is 2.48. The van der Waals surface area contributed by atoms with Gasteiger partial charge < -0.3 is 14.8 Å². The van der Waals surface area contributed by atoms with E-state index in [4.69, 9.17) is 9.47 Å². The summed E-state index contributed by atoms with van der Waals surface area (Å²) in [5.41, 5.74) is 1.59. The molecule has 0 radical (unpaired) electrons. The number of amides is 1. The number of pyridine rings is 1. The van der Waals surface area contributed by atoms with Crippen molar-refractivity contribution in [3.8, 4) is 17.4 Å². The van der Waals surface area contributed by atoms with E-state index in [2.05, 4.69) is 26.2 Å². The lowest BCUT2D eigenvalue weighted by Crippen LogP contribution is -2.34. The lowest BCUT2D eigenvalue weighted by atomic mass is 9.95. The van der Waals surface area contributed by atoms with E-state index in [1.54, 1.807) is 6.20 Å². The van der Waals surface area contributed by atoms with E-state index in [9.17, 15) is 4.79 Å². The molecular formula is C24H23BrN2O3. The first kappa shape index (κ1) is 20.4. The summed E-state index contributed by atoms with van der Waals surface area (Å²) in [4.78, 5) is 17.2. The minimum absolute atomic E-state index is 0.0615. The molecule has 0 saturated heterocycles. The van der Waals surface area contributed by atoms with Crippen LogP contribution in [0.5, 0.6) is 17.4 Å². The van der Waals surface area contributed by atoms with Crippen LogP contribution in [0, 0.1) is 0 Å². The van der Waals surface area contributed by atoms with Crippen molar-refractivity contribution in [2.24, 2.45) is 0 Å². The van der Waals surface area contributed by atoms with E-state index in [1.807, 2.05) is 67.6 Å². The fourth-order valence-electron chi connectivity index (χ4n) is 3.42. The first-order valence-electron chi connectivity index (χ1n) is 9.99. The van der Waals surface area contributed by atoms with E-state index in [0.29, 0.717) is 24.8 Å². The normalized spacial score (nSPS) is 14.1. The molecule has 0 unspecified atom stereocenters. The largest absolute Gasteiger partial charge is 0.494 e. The second-order valence-electron chi connectivity index (χ2n) is 7.28. The summed E-state index contributed by atoms with van der Waals surface area (Å²) in [6.07, 6.45) is 3.43. The monoisotopic (exact) mass is 466 g/mol. The third kappa shape index (κ3) is 4.65. The molecule has 0 aliphatic heterocycles. The Bertz CT molecular complexity index is 1030. The third-order valence-electron chi connectivity index (χ3n) is 5.17. The molecule has 1 aliphatic rings. The number of hydrogen-bond donors (Lipinski definition) is 1. The van der Waals surface area contributed by atoms with Gasteiger partial charge in [0.15, 0.2) is 0 Å². The predicted molar refractivity (Wildman–Crippen MR) is 119 cm³/mol. The molecule has 154 valence electrons. The van der Waals surface area contributed by atoms with Crippen LogP contribution >= 0.6 is 15.9 Å². The average molecular weight is 467 g/mol. The van der Waals surface area contributed by atoms with Gasteiger partial charge in [-0.2, -0.15) is 0 Å². The van der Waals surface area contributed by atoms with Gasteiger partial charge in [-0.3, -0.25) is 4.79 Å². The maximum absolute atomic E-state index is 12.9. The molecule has 1 aromatic heterocycles. The van der Waals surface area contributed by atoms with E-state index < -0.39 is 5.41 Å². The van der Waals surface area contributed by atoms with Crippen molar-refractivity contribution in [2.45, 2.75) is 31.7 Å². The molecule has 0 bridgehead atoms. The van der Waals surface area contributed by atoms with Gasteiger partial charge in [0.2, 0.25) is 11.8 Å². The Labute approximate surface area is 184 Å². The van der Waals surface area contributed by atoms with Crippen LogP contribution in [0.2, 0.25) is 0 Å². The van der Waals surface area contributed by atoms with Crippen molar-refractivity contribution in [1.29, 1.82) is 0 Å². The quantitative estimate of drug-likeness (QED) is 0.483. The molecule has 1 saturated carbocycles. The zero-order valence-electron chi connectivity index (χ0n) is 16.7. The second kappa shape index (κ2) is 8.88. The number of rotatable bonds is 8. The number of halogens is 1. The molecule has 1 amide bonds. The van der Waals surface area contributed by atoms with Crippen LogP contribution in [0.1, 0.15) is 30.9 Å². The molecule has 6 heteroatoms. The molecule has 4 rings (SSSR count). The maximum atomic E-state index is 12.9. The smallest absolute Gasteiger partial charge is 0.230 e. The maximum Gasteiger partial charge on any atom is 0.230 e. The SMILES string of the molecule is CCOc1ccc(Oc2cc(CNC(=O)C3(c4cccc(Br)c4)CC3)ccn2)cc1. The van der Waals surface area contributed by atoms with Crippen molar-refractivity contribution < 1.29 is 14.3 Å². The van der Waals surface area contributed by atoms with Crippen LogP contribution in [-0.4, -0.2) is 17.5 Å². The Morgan fingerprint density at radius 3 is 2.57 bits per heavy atom.